The lowest BCUT2D eigenvalue weighted by molar-refractivity contribution is -0.147. The fourth-order valence-corrected chi connectivity index (χ4v) is 0.936. The van der Waals surface area contributed by atoms with Crippen LogP contribution < -0.4 is 0 Å². The number of rotatable bonds is 3. The Morgan fingerprint density at radius 1 is 1.62 bits per heavy atom. The SMILES string of the molecule is CC.O=C(O)C1=NCC(OC(F)F)C=C1F. The van der Waals surface area contributed by atoms with Gasteiger partial charge in [0.25, 0.3) is 0 Å². The molecule has 1 aliphatic heterocycles. The highest BCUT2D eigenvalue weighted by molar-refractivity contribution is 6.42. The van der Waals surface area contributed by atoms with E-state index >= 15 is 0 Å². The van der Waals surface area contributed by atoms with Crippen LogP contribution in [0.15, 0.2) is 16.9 Å². The van der Waals surface area contributed by atoms with Crippen molar-refractivity contribution in [3.05, 3.63) is 11.9 Å². The Balaban J connectivity index is 0.00000106. The highest BCUT2D eigenvalue weighted by Crippen LogP contribution is 2.14. The van der Waals surface area contributed by atoms with E-state index in [9.17, 15) is 18.0 Å². The van der Waals surface area contributed by atoms with Gasteiger partial charge in [0.2, 0.25) is 0 Å². The molecule has 1 heterocycles. The first kappa shape index (κ1) is 14.6. The van der Waals surface area contributed by atoms with E-state index in [1.807, 2.05) is 13.8 Å². The number of carbonyl (C=O) groups is 1. The van der Waals surface area contributed by atoms with Crippen molar-refractivity contribution in [2.45, 2.75) is 26.6 Å². The van der Waals surface area contributed by atoms with E-state index in [0.29, 0.717) is 6.08 Å². The number of halogens is 3. The van der Waals surface area contributed by atoms with Crippen molar-refractivity contribution < 1.29 is 27.8 Å². The van der Waals surface area contributed by atoms with Crippen LogP contribution >= 0.6 is 0 Å². The van der Waals surface area contributed by atoms with Crippen LogP contribution in [0, 0.1) is 0 Å². The molecule has 0 amide bonds. The Labute approximate surface area is 90.4 Å². The summed E-state index contributed by atoms with van der Waals surface area (Å²) in [5, 5.41) is 8.38. The molecular weight excluding hydrogens is 227 g/mol. The average Bonchev–Trinajstić information content (AvgIpc) is 2.19. The van der Waals surface area contributed by atoms with Crippen molar-refractivity contribution in [2.24, 2.45) is 4.99 Å². The zero-order chi connectivity index (χ0) is 12.7. The van der Waals surface area contributed by atoms with Gasteiger partial charge in [0.1, 0.15) is 6.10 Å². The fraction of sp³-hybridized carbons (Fsp3) is 0.556. The Morgan fingerprint density at radius 3 is 2.56 bits per heavy atom. The number of alkyl halides is 2. The first-order valence-corrected chi connectivity index (χ1v) is 4.59. The van der Waals surface area contributed by atoms with Crippen molar-refractivity contribution in [1.29, 1.82) is 0 Å². The third-order valence-electron chi connectivity index (χ3n) is 1.47. The predicted molar refractivity (Wildman–Crippen MR) is 51.4 cm³/mol. The second kappa shape index (κ2) is 7.00. The summed E-state index contributed by atoms with van der Waals surface area (Å²) in [5.74, 6) is -2.69. The van der Waals surface area contributed by atoms with Crippen molar-refractivity contribution in [3.63, 3.8) is 0 Å². The number of aliphatic carboxylic acids is 1. The Hall–Kier alpha value is -1.37. The van der Waals surface area contributed by atoms with Crippen molar-refractivity contribution in [3.8, 4) is 0 Å². The Morgan fingerprint density at radius 2 is 2.19 bits per heavy atom. The summed E-state index contributed by atoms with van der Waals surface area (Å²) in [4.78, 5) is 13.6. The second-order valence-electron chi connectivity index (χ2n) is 2.44. The molecule has 1 N–H and O–H groups in total. The van der Waals surface area contributed by atoms with Crippen LogP contribution in [-0.4, -0.2) is 36.0 Å². The number of ether oxygens (including phenoxy) is 1. The molecule has 0 spiro atoms. The fourth-order valence-electron chi connectivity index (χ4n) is 0.936. The van der Waals surface area contributed by atoms with E-state index in [2.05, 4.69) is 9.73 Å². The molecule has 16 heavy (non-hydrogen) atoms. The van der Waals surface area contributed by atoms with Crippen LogP contribution in [0.4, 0.5) is 13.2 Å². The quantitative estimate of drug-likeness (QED) is 0.819. The zero-order valence-corrected chi connectivity index (χ0v) is 8.78. The van der Waals surface area contributed by atoms with E-state index in [1.165, 1.54) is 0 Å². The molecule has 4 nitrogen and oxygen atoms in total. The van der Waals surface area contributed by atoms with Gasteiger partial charge in [-0.25, -0.2) is 9.18 Å². The molecule has 1 unspecified atom stereocenters. The summed E-state index contributed by atoms with van der Waals surface area (Å²) >= 11 is 0. The maximum atomic E-state index is 12.8. The molecule has 0 saturated heterocycles. The summed E-state index contributed by atoms with van der Waals surface area (Å²) in [5.41, 5.74) is -0.765. The van der Waals surface area contributed by atoms with Crippen LogP contribution in [0.1, 0.15) is 13.8 Å². The van der Waals surface area contributed by atoms with Crippen LogP contribution in [0.25, 0.3) is 0 Å². The van der Waals surface area contributed by atoms with Gasteiger partial charge >= 0.3 is 12.6 Å². The lowest BCUT2D eigenvalue weighted by atomic mass is 10.2. The molecule has 0 aromatic carbocycles. The van der Waals surface area contributed by atoms with Gasteiger partial charge in [-0.15, -0.1) is 0 Å². The van der Waals surface area contributed by atoms with Crippen molar-refractivity contribution in [2.75, 3.05) is 6.54 Å². The molecule has 7 heteroatoms. The minimum absolute atomic E-state index is 0.320. The number of nitrogens with zero attached hydrogens (tertiary/aromatic N) is 1. The molecule has 1 aliphatic rings. The number of dihydropyridines is 1. The summed E-state index contributed by atoms with van der Waals surface area (Å²) in [6, 6.07) is 0. The summed E-state index contributed by atoms with van der Waals surface area (Å²) < 4.78 is 40.1. The van der Waals surface area contributed by atoms with Gasteiger partial charge in [0.05, 0.1) is 6.54 Å². The average molecular weight is 239 g/mol. The predicted octanol–water partition coefficient (Wildman–Crippen LogP) is 2.01. The molecule has 92 valence electrons. The van der Waals surface area contributed by atoms with Gasteiger partial charge in [-0.2, -0.15) is 8.78 Å². The van der Waals surface area contributed by atoms with Gasteiger partial charge in [0.15, 0.2) is 11.5 Å². The topological polar surface area (TPSA) is 58.9 Å². The highest BCUT2D eigenvalue weighted by atomic mass is 19.3. The van der Waals surface area contributed by atoms with Crippen molar-refractivity contribution in [1.82, 2.24) is 0 Å². The number of carboxylic acid groups (broad SMARTS) is 1. The summed E-state index contributed by atoms with van der Waals surface area (Å²) in [6.45, 7) is 0.643. The molecule has 0 fully saturated rings. The lowest BCUT2D eigenvalue weighted by Crippen LogP contribution is -2.26. The molecular formula is C9H12F3NO3. The monoisotopic (exact) mass is 239 g/mol. The minimum Gasteiger partial charge on any atom is -0.476 e. The van der Waals surface area contributed by atoms with Crippen molar-refractivity contribution >= 4 is 11.7 Å². The molecule has 0 radical (unpaired) electrons. The standard InChI is InChI=1S/C7H6F3NO3.C2H6/c8-4-1-3(14-7(9)10)2-11-5(4)6(12)13;1-2/h1,3,7H,2H2,(H,12,13);1-2H3. The summed E-state index contributed by atoms with van der Waals surface area (Å²) in [7, 11) is 0. The first-order chi connectivity index (χ1) is 7.50. The van der Waals surface area contributed by atoms with Gasteiger partial charge < -0.3 is 9.84 Å². The van der Waals surface area contributed by atoms with Gasteiger partial charge in [-0.1, -0.05) is 13.8 Å². The maximum absolute atomic E-state index is 12.8. The number of carboxylic acids is 1. The van der Waals surface area contributed by atoms with Gasteiger partial charge in [0, 0.05) is 0 Å². The van der Waals surface area contributed by atoms with Crippen LogP contribution in [0.2, 0.25) is 0 Å². The molecule has 0 aromatic rings. The molecule has 0 aliphatic carbocycles. The maximum Gasteiger partial charge on any atom is 0.357 e. The smallest absolute Gasteiger partial charge is 0.357 e. The normalized spacial score (nSPS) is 19.5. The van der Waals surface area contributed by atoms with Gasteiger partial charge in [-0.3, -0.25) is 4.99 Å². The largest absolute Gasteiger partial charge is 0.476 e. The van der Waals surface area contributed by atoms with Crippen LogP contribution in [0.3, 0.4) is 0 Å². The minimum atomic E-state index is -3.04. The Bertz CT molecular complexity index is 302. The lowest BCUT2D eigenvalue weighted by Gasteiger charge is -2.15. The second-order valence-corrected chi connectivity index (χ2v) is 2.44. The van der Waals surface area contributed by atoms with E-state index in [-0.39, 0.29) is 6.54 Å². The highest BCUT2D eigenvalue weighted by Gasteiger charge is 2.24. The first-order valence-electron chi connectivity index (χ1n) is 4.59. The van der Waals surface area contributed by atoms with E-state index in [0.717, 1.165) is 0 Å². The van der Waals surface area contributed by atoms with E-state index in [1.54, 1.807) is 0 Å². The van der Waals surface area contributed by atoms with Crippen LogP contribution in [0.5, 0.6) is 0 Å². The molecule has 0 saturated carbocycles. The number of hydrogen-bond donors (Lipinski definition) is 1. The third-order valence-corrected chi connectivity index (χ3v) is 1.47. The third kappa shape index (κ3) is 4.43. The Kier molecular flexibility index (Phi) is 6.40. The van der Waals surface area contributed by atoms with Gasteiger partial charge in [-0.05, 0) is 6.08 Å². The molecule has 0 bridgehead atoms. The zero-order valence-electron chi connectivity index (χ0n) is 8.78. The number of hydrogen-bond acceptors (Lipinski definition) is 3. The summed E-state index contributed by atoms with van der Waals surface area (Å²) in [6.07, 6.45) is -0.541. The van der Waals surface area contributed by atoms with E-state index < -0.39 is 30.2 Å². The number of aliphatic imine (C=N–C) groups is 1. The molecule has 1 rings (SSSR count). The van der Waals surface area contributed by atoms with E-state index in [4.69, 9.17) is 5.11 Å². The molecule has 1 atom stereocenters. The molecule has 0 aromatic heterocycles. The van der Waals surface area contributed by atoms with Crippen LogP contribution in [-0.2, 0) is 9.53 Å².